The van der Waals surface area contributed by atoms with Crippen LogP contribution in [-0.2, 0) is 6.42 Å². The van der Waals surface area contributed by atoms with Crippen LogP contribution in [0.15, 0.2) is 42.6 Å². The van der Waals surface area contributed by atoms with Gasteiger partial charge >= 0.3 is 0 Å². The second-order valence-electron chi connectivity index (χ2n) is 4.38. The number of hydrogen-bond acceptors (Lipinski definition) is 3. The van der Waals surface area contributed by atoms with Crippen LogP contribution in [0.3, 0.4) is 0 Å². The van der Waals surface area contributed by atoms with Crippen molar-refractivity contribution < 1.29 is 5.11 Å². The molecule has 0 aliphatic heterocycles. The molecule has 2 heterocycles. The van der Waals surface area contributed by atoms with Gasteiger partial charge < -0.3 is 5.11 Å². The number of benzene rings is 1. The van der Waals surface area contributed by atoms with Crippen LogP contribution >= 0.6 is 0 Å². The maximum absolute atomic E-state index is 9.42. The molecule has 1 aromatic carbocycles. The number of aryl methyl sites for hydroxylation is 1. The third kappa shape index (κ3) is 2.05. The van der Waals surface area contributed by atoms with E-state index < -0.39 is 0 Å². The molecular weight excluding hydrogens is 226 g/mol. The molecule has 0 amide bonds. The molecule has 0 bridgehead atoms. The smallest absolute Gasteiger partial charge is 0.156 e. The molecule has 0 atom stereocenters. The summed E-state index contributed by atoms with van der Waals surface area (Å²) < 4.78 is 1.77. The van der Waals surface area contributed by atoms with E-state index in [0.717, 1.165) is 17.0 Å². The predicted molar refractivity (Wildman–Crippen MR) is 68.6 cm³/mol. The minimum Gasteiger partial charge on any atom is -0.508 e. The van der Waals surface area contributed by atoms with Gasteiger partial charge in [-0.25, -0.2) is 9.50 Å². The van der Waals surface area contributed by atoms with Gasteiger partial charge in [0.05, 0.1) is 0 Å². The molecule has 0 aliphatic carbocycles. The summed E-state index contributed by atoms with van der Waals surface area (Å²) in [4.78, 5) is 4.47. The summed E-state index contributed by atoms with van der Waals surface area (Å²) in [5.74, 6) is 1.03. The average molecular weight is 239 g/mol. The largest absolute Gasteiger partial charge is 0.508 e. The minimum atomic E-state index is 0.270. The fraction of sp³-hybridized carbons (Fsp3) is 0.143. The van der Waals surface area contributed by atoms with E-state index in [1.165, 1.54) is 5.56 Å². The molecule has 0 spiro atoms. The Morgan fingerprint density at radius 3 is 2.94 bits per heavy atom. The quantitative estimate of drug-likeness (QED) is 0.746. The van der Waals surface area contributed by atoms with Crippen LogP contribution in [0.4, 0.5) is 0 Å². The van der Waals surface area contributed by atoms with Crippen LogP contribution in [0.2, 0.25) is 0 Å². The molecule has 4 heteroatoms. The Bertz CT molecular complexity index is 703. The Hall–Kier alpha value is -2.36. The molecule has 3 rings (SSSR count). The van der Waals surface area contributed by atoms with Gasteiger partial charge in [-0.15, -0.1) is 0 Å². The molecular formula is C14H13N3O. The lowest BCUT2D eigenvalue weighted by Crippen LogP contribution is -1.91. The second-order valence-corrected chi connectivity index (χ2v) is 4.38. The number of aromatic hydroxyl groups is 1. The molecule has 1 N–H and O–H groups in total. The Labute approximate surface area is 105 Å². The second kappa shape index (κ2) is 4.14. The number of pyridine rings is 1. The minimum absolute atomic E-state index is 0.270. The molecule has 2 aromatic heterocycles. The van der Waals surface area contributed by atoms with Gasteiger partial charge in [0, 0.05) is 12.6 Å². The van der Waals surface area contributed by atoms with Crippen LogP contribution in [0.1, 0.15) is 17.0 Å². The monoisotopic (exact) mass is 239 g/mol. The highest BCUT2D eigenvalue weighted by Crippen LogP contribution is 2.14. The van der Waals surface area contributed by atoms with Crippen LogP contribution in [0.25, 0.3) is 5.65 Å². The number of nitrogens with zero attached hydrogens (tertiary/aromatic N) is 3. The van der Waals surface area contributed by atoms with Crippen molar-refractivity contribution >= 4 is 5.65 Å². The molecule has 0 saturated carbocycles. The highest BCUT2D eigenvalue weighted by molar-refractivity contribution is 5.40. The lowest BCUT2D eigenvalue weighted by molar-refractivity contribution is 0.474. The molecule has 3 aromatic rings. The summed E-state index contributed by atoms with van der Waals surface area (Å²) in [5, 5.41) is 13.8. The summed E-state index contributed by atoms with van der Waals surface area (Å²) in [5.41, 5.74) is 3.02. The van der Waals surface area contributed by atoms with Gasteiger partial charge in [-0.2, -0.15) is 5.10 Å². The number of phenolic OH excluding ortho intramolecular Hbond substituents is 1. The fourth-order valence-electron chi connectivity index (χ4n) is 1.95. The third-order valence-electron chi connectivity index (χ3n) is 2.81. The van der Waals surface area contributed by atoms with E-state index in [1.807, 2.05) is 37.4 Å². The van der Waals surface area contributed by atoms with Gasteiger partial charge in [0.2, 0.25) is 0 Å². The maximum atomic E-state index is 9.42. The zero-order valence-corrected chi connectivity index (χ0v) is 10.0. The first-order valence-electron chi connectivity index (χ1n) is 5.80. The lowest BCUT2D eigenvalue weighted by atomic mass is 10.1. The first-order valence-corrected chi connectivity index (χ1v) is 5.80. The van der Waals surface area contributed by atoms with Crippen LogP contribution in [0, 0.1) is 6.92 Å². The number of phenols is 1. The fourth-order valence-corrected chi connectivity index (χ4v) is 1.95. The number of rotatable bonds is 2. The highest BCUT2D eigenvalue weighted by atomic mass is 16.3. The molecule has 90 valence electrons. The molecule has 0 saturated heterocycles. The summed E-state index contributed by atoms with van der Waals surface area (Å²) in [6.07, 6.45) is 2.53. The van der Waals surface area contributed by atoms with Crippen molar-refractivity contribution in [3.8, 4) is 5.75 Å². The number of aromatic nitrogens is 3. The maximum Gasteiger partial charge on any atom is 0.156 e. The van der Waals surface area contributed by atoms with E-state index in [-0.39, 0.29) is 5.75 Å². The summed E-state index contributed by atoms with van der Waals surface area (Å²) >= 11 is 0. The lowest BCUT2D eigenvalue weighted by Gasteiger charge is -1.97. The van der Waals surface area contributed by atoms with Crippen molar-refractivity contribution in [2.45, 2.75) is 13.3 Å². The Morgan fingerprint density at radius 2 is 2.11 bits per heavy atom. The Balaban J connectivity index is 1.95. The van der Waals surface area contributed by atoms with Gasteiger partial charge in [0.15, 0.2) is 11.5 Å². The molecule has 0 fully saturated rings. The first-order chi connectivity index (χ1) is 8.70. The number of hydrogen-bond donors (Lipinski definition) is 1. The van der Waals surface area contributed by atoms with Crippen molar-refractivity contribution in [2.75, 3.05) is 0 Å². The van der Waals surface area contributed by atoms with E-state index in [0.29, 0.717) is 6.42 Å². The normalized spacial score (nSPS) is 10.9. The van der Waals surface area contributed by atoms with Crippen LogP contribution in [-0.4, -0.2) is 19.7 Å². The van der Waals surface area contributed by atoms with E-state index in [1.54, 1.807) is 16.6 Å². The van der Waals surface area contributed by atoms with Gasteiger partial charge in [-0.05, 0) is 42.3 Å². The van der Waals surface area contributed by atoms with E-state index in [2.05, 4.69) is 10.1 Å². The first kappa shape index (κ1) is 10.8. The zero-order chi connectivity index (χ0) is 12.5. The van der Waals surface area contributed by atoms with Crippen molar-refractivity contribution in [1.82, 2.24) is 14.6 Å². The molecule has 0 unspecified atom stereocenters. The third-order valence-corrected chi connectivity index (χ3v) is 2.81. The van der Waals surface area contributed by atoms with Crippen molar-refractivity contribution in [1.29, 1.82) is 0 Å². The van der Waals surface area contributed by atoms with Gasteiger partial charge in [0.1, 0.15) is 5.75 Å². The van der Waals surface area contributed by atoms with Crippen molar-refractivity contribution in [3.05, 3.63) is 59.5 Å². The highest BCUT2D eigenvalue weighted by Gasteiger charge is 2.05. The molecule has 18 heavy (non-hydrogen) atoms. The van der Waals surface area contributed by atoms with Crippen LogP contribution in [0.5, 0.6) is 5.75 Å². The van der Waals surface area contributed by atoms with Crippen molar-refractivity contribution in [3.63, 3.8) is 0 Å². The summed E-state index contributed by atoms with van der Waals surface area (Å²) in [7, 11) is 0. The van der Waals surface area contributed by atoms with Gasteiger partial charge in [-0.1, -0.05) is 12.1 Å². The van der Waals surface area contributed by atoms with E-state index in [4.69, 9.17) is 0 Å². The average Bonchev–Trinajstić information content (AvgIpc) is 2.70. The van der Waals surface area contributed by atoms with Crippen LogP contribution < -0.4 is 0 Å². The molecule has 0 radical (unpaired) electrons. The Morgan fingerprint density at radius 1 is 1.22 bits per heavy atom. The summed E-state index contributed by atoms with van der Waals surface area (Å²) in [6, 6.07) is 11.2. The van der Waals surface area contributed by atoms with E-state index in [9.17, 15) is 5.11 Å². The van der Waals surface area contributed by atoms with Gasteiger partial charge in [-0.3, -0.25) is 0 Å². The van der Waals surface area contributed by atoms with E-state index >= 15 is 0 Å². The standard InChI is InChI=1S/C14H13N3O/c1-10-5-6-17-14(7-10)15-13(16-17)9-11-3-2-4-12(18)8-11/h2-8,18H,9H2,1H3. The molecule has 0 aliphatic rings. The Kier molecular flexibility index (Phi) is 2.48. The SMILES string of the molecule is Cc1ccn2nc(Cc3cccc(O)c3)nc2c1. The zero-order valence-electron chi connectivity index (χ0n) is 10.0. The number of fused-ring (bicyclic) bond motifs is 1. The summed E-state index contributed by atoms with van der Waals surface area (Å²) in [6.45, 7) is 2.03. The molecule has 4 nitrogen and oxygen atoms in total. The van der Waals surface area contributed by atoms with Crippen molar-refractivity contribution in [2.24, 2.45) is 0 Å². The van der Waals surface area contributed by atoms with Gasteiger partial charge in [0.25, 0.3) is 0 Å². The predicted octanol–water partition coefficient (Wildman–Crippen LogP) is 2.33. The topological polar surface area (TPSA) is 50.4 Å².